The number of nitrogens with one attached hydrogen (secondary N) is 1. The van der Waals surface area contributed by atoms with Gasteiger partial charge in [-0.15, -0.1) is 0 Å². The number of anilines is 1. The molecular formula is C20H20ClNO6. The van der Waals surface area contributed by atoms with Crippen LogP contribution in [0.3, 0.4) is 0 Å². The summed E-state index contributed by atoms with van der Waals surface area (Å²) in [4.78, 5) is 48.5. The summed E-state index contributed by atoms with van der Waals surface area (Å²) < 4.78 is 10.3. The predicted octanol–water partition coefficient (Wildman–Crippen LogP) is 4.22. The van der Waals surface area contributed by atoms with Gasteiger partial charge < -0.3 is 9.15 Å². The summed E-state index contributed by atoms with van der Waals surface area (Å²) in [6.45, 7) is 4.53. The van der Waals surface area contributed by atoms with Gasteiger partial charge >= 0.3 is 5.97 Å². The fraction of sp³-hybridized carbons (Fsp3) is 0.300. The van der Waals surface area contributed by atoms with Crippen LogP contribution in [0, 0.1) is 6.92 Å². The lowest BCUT2D eigenvalue weighted by Crippen LogP contribution is -2.17. The van der Waals surface area contributed by atoms with Gasteiger partial charge in [-0.3, -0.25) is 19.7 Å². The zero-order chi connectivity index (χ0) is 20.8. The van der Waals surface area contributed by atoms with Crippen LogP contribution in [0.5, 0.6) is 0 Å². The summed E-state index contributed by atoms with van der Waals surface area (Å²) in [5.74, 6) is -1.87. The lowest BCUT2D eigenvalue weighted by Gasteiger charge is -2.06. The second-order valence-corrected chi connectivity index (χ2v) is 6.43. The van der Waals surface area contributed by atoms with Crippen molar-refractivity contribution in [2.24, 2.45) is 0 Å². The highest BCUT2D eigenvalue weighted by Crippen LogP contribution is 2.28. The van der Waals surface area contributed by atoms with Crippen LogP contribution in [0.4, 0.5) is 5.88 Å². The van der Waals surface area contributed by atoms with Crippen molar-refractivity contribution in [3.63, 3.8) is 0 Å². The number of aryl methyl sites for hydroxylation is 1. The highest BCUT2D eigenvalue weighted by Gasteiger charge is 2.28. The molecule has 0 aliphatic heterocycles. The molecule has 1 amide bonds. The first-order valence-electron chi connectivity index (χ1n) is 8.64. The number of Topliss-reactive ketones (excluding diaryl/α,β-unsaturated/α-hetero) is 2. The van der Waals surface area contributed by atoms with E-state index >= 15 is 0 Å². The molecule has 1 aromatic carbocycles. The van der Waals surface area contributed by atoms with Crippen LogP contribution in [0.2, 0.25) is 5.02 Å². The number of ketones is 2. The van der Waals surface area contributed by atoms with E-state index in [1.54, 1.807) is 31.2 Å². The number of halogens is 1. The standard InChI is InChI=1S/C20H20ClNO6/c1-4-27-20(26)18-17(11(2)23)12(3)28-19(18)22-16(25)10-9-15(24)13-5-7-14(21)8-6-13/h5-8H,4,9-10H2,1-3H3,(H,22,25). The summed E-state index contributed by atoms with van der Waals surface area (Å²) in [5.41, 5.74) is 0.382. The van der Waals surface area contributed by atoms with Gasteiger partial charge in [-0.25, -0.2) is 4.79 Å². The first kappa shape index (κ1) is 21.4. The van der Waals surface area contributed by atoms with Crippen molar-refractivity contribution >= 4 is 40.9 Å². The smallest absolute Gasteiger partial charge is 0.344 e. The maximum absolute atomic E-state index is 12.2. The van der Waals surface area contributed by atoms with Gasteiger partial charge in [-0.1, -0.05) is 11.6 Å². The molecule has 1 heterocycles. The number of amides is 1. The molecule has 0 aliphatic rings. The lowest BCUT2D eigenvalue weighted by molar-refractivity contribution is -0.116. The molecule has 0 unspecified atom stereocenters. The number of carbonyl (C=O) groups is 4. The lowest BCUT2D eigenvalue weighted by atomic mass is 10.1. The summed E-state index contributed by atoms with van der Waals surface area (Å²) in [6, 6.07) is 6.34. The van der Waals surface area contributed by atoms with Crippen molar-refractivity contribution < 1.29 is 28.3 Å². The summed E-state index contributed by atoms with van der Waals surface area (Å²) >= 11 is 5.79. The van der Waals surface area contributed by atoms with Gasteiger partial charge in [-0.2, -0.15) is 0 Å². The fourth-order valence-corrected chi connectivity index (χ4v) is 2.78. The van der Waals surface area contributed by atoms with Crippen molar-refractivity contribution in [2.75, 3.05) is 11.9 Å². The highest BCUT2D eigenvalue weighted by molar-refractivity contribution is 6.30. The van der Waals surface area contributed by atoms with Gasteiger partial charge in [0.1, 0.15) is 11.3 Å². The molecule has 0 aliphatic carbocycles. The Bertz CT molecular complexity index is 914. The Labute approximate surface area is 167 Å². The molecule has 7 nitrogen and oxygen atoms in total. The molecule has 0 radical (unpaired) electrons. The molecule has 148 valence electrons. The topological polar surface area (TPSA) is 103 Å². The zero-order valence-corrected chi connectivity index (χ0v) is 16.5. The van der Waals surface area contributed by atoms with Crippen molar-refractivity contribution in [2.45, 2.75) is 33.6 Å². The normalized spacial score (nSPS) is 10.4. The monoisotopic (exact) mass is 405 g/mol. The molecule has 2 rings (SSSR count). The first-order valence-corrected chi connectivity index (χ1v) is 9.02. The number of esters is 1. The Balaban J connectivity index is 2.11. The molecule has 0 bridgehead atoms. The molecule has 2 aromatic rings. The second-order valence-electron chi connectivity index (χ2n) is 5.99. The van der Waals surface area contributed by atoms with E-state index in [1.807, 2.05) is 0 Å². The molecule has 0 spiro atoms. The van der Waals surface area contributed by atoms with Gasteiger partial charge in [0.25, 0.3) is 0 Å². The first-order chi connectivity index (χ1) is 13.2. The van der Waals surface area contributed by atoms with Crippen LogP contribution in [-0.4, -0.2) is 30.0 Å². The number of benzene rings is 1. The van der Waals surface area contributed by atoms with Crippen molar-refractivity contribution in [1.29, 1.82) is 0 Å². The average molecular weight is 406 g/mol. The van der Waals surface area contributed by atoms with E-state index in [-0.39, 0.29) is 53.8 Å². The van der Waals surface area contributed by atoms with E-state index in [9.17, 15) is 19.2 Å². The van der Waals surface area contributed by atoms with E-state index < -0.39 is 11.9 Å². The van der Waals surface area contributed by atoms with Crippen molar-refractivity contribution in [3.8, 4) is 0 Å². The molecule has 1 aromatic heterocycles. The number of furan rings is 1. The van der Waals surface area contributed by atoms with Crippen LogP contribution in [0.15, 0.2) is 28.7 Å². The van der Waals surface area contributed by atoms with Gasteiger partial charge in [0.05, 0.1) is 12.2 Å². The van der Waals surface area contributed by atoms with E-state index in [2.05, 4.69) is 5.32 Å². The summed E-state index contributed by atoms with van der Waals surface area (Å²) in [6.07, 6.45) is -0.166. The Kier molecular flexibility index (Phi) is 7.12. The number of ether oxygens (including phenoxy) is 1. The number of hydrogen-bond acceptors (Lipinski definition) is 6. The molecule has 0 fully saturated rings. The fourth-order valence-electron chi connectivity index (χ4n) is 2.65. The highest BCUT2D eigenvalue weighted by atomic mass is 35.5. The molecule has 1 N–H and O–H groups in total. The third kappa shape index (κ3) is 5.07. The maximum atomic E-state index is 12.2. The number of carbonyl (C=O) groups excluding carboxylic acids is 4. The third-order valence-electron chi connectivity index (χ3n) is 3.91. The predicted molar refractivity (Wildman–Crippen MR) is 103 cm³/mol. The molecule has 0 saturated heterocycles. The minimum absolute atomic E-state index is 0.0402. The van der Waals surface area contributed by atoms with Gasteiger partial charge in [0, 0.05) is 23.4 Å². The van der Waals surface area contributed by atoms with Crippen LogP contribution in [-0.2, 0) is 9.53 Å². The molecule has 0 saturated carbocycles. The summed E-state index contributed by atoms with van der Waals surface area (Å²) in [7, 11) is 0. The zero-order valence-electron chi connectivity index (χ0n) is 15.8. The van der Waals surface area contributed by atoms with Gasteiger partial charge in [-0.05, 0) is 45.0 Å². The molecule has 0 atom stereocenters. The SMILES string of the molecule is CCOC(=O)c1c(NC(=O)CCC(=O)c2ccc(Cl)cc2)oc(C)c1C(C)=O. The van der Waals surface area contributed by atoms with E-state index in [0.717, 1.165) is 0 Å². The molecular weight excluding hydrogens is 386 g/mol. The van der Waals surface area contributed by atoms with E-state index in [1.165, 1.54) is 13.8 Å². The quantitative estimate of drug-likeness (QED) is 0.521. The number of hydrogen-bond donors (Lipinski definition) is 1. The maximum Gasteiger partial charge on any atom is 0.344 e. The Morgan fingerprint density at radius 1 is 1.07 bits per heavy atom. The Hall–Kier alpha value is -2.93. The largest absolute Gasteiger partial charge is 0.462 e. The van der Waals surface area contributed by atoms with Crippen LogP contribution in [0.1, 0.15) is 63.5 Å². The van der Waals surface area contributed by atoms with Gasteiger partial charge in [0.2, 0.25) is 11.8 Å². The Morgan fingerprint density at radius 3 is 2.29 bits per heavy atom. The minimum Gasteiger partial charge on any atom is -0.462 e. The van der Waals surface area contributed by atoms with Crippen LogP contribution < -0.4 is 5.32 Å². The van der Waals surface area contributed by atoms with Crippen molar-refractivity contribution in [3.05, 3.63) is 51.7 Å². The Morgan fingerprint density at radius 2 is 1.71 bits per heavy atom. The van der Waals surface area contributed by atoms with E-state index in [0.29, 0.717) is 10.6 Å². The molecule has 8 heteroatoms. The van der Waals surface area contributed by atoms with Gasteiger partial charge in [0.15, 0.2) is 11.6 Å². The summed E-state index contributed by atoms with van der Waals surface area (Å²) in [5, 5.41) is 2.96. The number of rotatable bonds is 8. The minimum atomic E-state index is -0.767. The average Bonchev–Trinajstić information content (AvgIpc) is 2.96. The van der Waals surface area contributed by atoms with Crippen molar-refractivity contribution in [1.82, 2.24) is 0 Å². The third-order valence-corrected chi connectivity index (χ3v) is 4.17. The van der Waals surface area contributed by atoms with E-state index in [4.69, 9.17) is 20.8 Å². The second kappa shape index (κ2) is 9.32. The van der Waals surface area contributed by atoms with Crippen LogP contribution >= 0.6 is 11.6 Å². The van der Waals surface area contributed by atoms with Crippen LogP contribution in [0.25, 0.3) is 0 Å². The molecule has 28 heavy (non-hydrogen) atoms.